The van der Waals surface area contributed by atoms with E-state index in [-0.39, 0.29) is 17.1 Å². The Balaban J connectivity index is 2.14. The lowest BCUT2D eigenvalue weighted by atomic mass is 9.82. The molecule has 0 radical (unpaired) electrons. The lowest BCUT2D eigenvalue weighted by molar-refractivity contribution is -0.0603. The summed E-state index contributed by atoms with van der Waals surface area (Å²) in [6.45, 7) is 1.77. The van der Waals surface area contributed by atoms with E-state index in [2.05, 4.69) is 26.0 Å². The summed E-state index contributed by atoms with van der Waals surface area (Å²) < 4.78 is 64.0. The number of sulfonamides is 1. The first-order valence-corrected chi connectivity index (χ1v) is 10.5. The fourth-order valence-electron chi connectivity index (χ4n) is 3.19. The van der Waals surface area contributed by atoms with E-state index in [9.17, 15) is 21.6 Å². The number of primary sulfonamides is 1. The number of alkyl halides is 3. The van der Waals surface area contributed by atoms with Crippen molar-refractivity contribution in [2.75, 3.05) is 5.01 Å². The quantitative estimate of drug-likeness (QED) is 0.723. The van der Waals surface area contributed by atoms with Crippen molar-refractivity contribution in [3.63, 3.8) is 0 Å². The number of halogens is 4. The number of hydrogen-bond acceptors (Lipinski definition) is 5. The highest BCUT2D eigenvalue weighted by molar-refractivity contribution is 9.10. The molecule has 11 heteroatoms. The van der Waals surface area contributed by atoms with Crippen LogP contribution in [-0.2, 0) is 15.6 Å². The lowest BCUT2D eigenvalue weighted by Crippen LogP contribution is -2.40. The topological polar surface area (TPSA) is 88.6 Å². The van der Waals surface area contributed by atoms with Crippen molar-refractivity contribution in [2.24, 2.45) is 10.2 Å². The highest BCUT2D eigenvalue weighted by Crippen LogP contribution is 2.46. The third-order valence-corrected chi connectivity index (χ3v) is 5.99. The highest BCUT2D eigenvalue weighted by atomic mass is 79.9. The number of rotatable bonds is 4. The van der Waals surface area contributed by atoms with Crippen molar-refractivity contribution >= 4 is 37.4 Å². The Morgan fingerprint density at radius 2 is 1.86 bits per heavy atom. The Morgan fingerprint density at radius 3 is 2.32 bits per heavy atom. The summed E-state index contributed by atoms with van der Waals surface area (Å²) >= 11 is 3.32. The Morgan fingerprint density at radius 1 is 1.21 bits per heavy atom. The van der Waals surface area contributed by atoms with E-state index in [1.165, 1.54) is 11.1 Å². The molecule has 0 fully saturated rings. The van der Waals surface area contributed by atoms with Gasteiger partial charge in [-0.15, -0.1) is 0 Å². The molecule has 1 aliphatic heterocycles. The molecule has 0 spiro atoms. The summed E-state index contributed by atoms with van der Waals surface area (Å²) in [5, 5.41) is 9.77. The maximum atomic E-state index is 13.5. The molecule has 1 aliphatic rings. The molecule has 2 heterocycles. The Hall–Kier alpha value is -1.98. The van der Waals surface area contributed by atoms with Crippen LogP contribution in [0.5, 0.6) is 0 Å². The summed E-state index contributed by atoms with van der Waals surface area (Å²) in [5.41, 5.74) is -1.11. The normalized spacial score (nSPS) is 20.4. The van der Waals surface area contributed by atoms with E-state index in [1.807, 2.05) is 0 Å². The first-order valence-electron chi connectivity index (χ1n) is 8.17. The van der Waals surface area contributed by atoms with Gasteiger partial charge in [0, 0.05) is 10.9 Å². The van der Waals surface area contributed by atoms with Gasteiger partial charge < -0.3 is 0 Å². The number of nitrogens with two attached hydrogens (primary N) is 1. The molecule has 0 saturated carbocycles. The smallest absolute Gasteiger partial charge is 0.253 e. The second kappa shape index (κ2) is 7.12. The molecule has 0 aliphatic carbocycles. The number of anilines is 1. The molecular weight excluding hydrogens is 461 g/mol. The Bertz CT molecular complexity index is 1010. The van der Waals surface area contributed by atoms with Gasteiger partial charge >= 0.3 is 6.18 Å². The Kier molecular flexibility index (Phi) is 5.28. The molecule has 0 saturated heterocycles. The van der Waals surface area contributed by atoms with Crippen LogP contribution in [0.2, 0.25) is 0 Å². The van der Waals surface area contributed by atoms with Crippen molar-refractivity contribution in [1.82, 2.24) is 4.98 Å². The van der Waals surface area contributed by atoms with E-state index < -0.39 is 27.5 Å². The zero-order valence-electron chi connectivity index (χ0n) is 14.6. The molecule has 3 rings (SSSR count). The zero-order chi connectivity index (χ0) is 20.7. The first-order chi connectivity index (χ1) is 13.0. The van der Waals surface area contributed by atoms with Crippen LogP contribution in [0, 0.1) is 0 Å². The average Bonchev–Trinajstić information content (AvgIpc) is 3.03. The number of benzene rings is 1. The predicted molar refractivity (Wildman–Crippen MR) is 102 cm³/mol. The third kappa shape index (κ3) is 3.78. The average molecular weight is 477 g/mol. The van der Waals surface area contributed by atoms with Crippen LogP contribution >= 0.6 is 15.9 Å². The molecule has 2 aromatic rings. The lowest BCUT2D eigenvalue weighted by Gasteiger charge is -2.37. The molecule has 1 aromatic carbocycles. The summed E-state index contributed by atoms with van der Waals surface area (Å²) in [6, 6.07) is 9.47. The van der Waals surface area contributed by atoms with Gasteiger partial charge in [-0.1, -0.05) is 35.0 Å². The zero-order valence-corrected chi connectivity index (χ0v) is 17.0. The maximum Gasteiger partial charge on any atom is 0.431 e. The van der Waals surface area contributed by atoms with Gasteiger partial charge in [0.25, 0.3) is 10.0 Å². The number of pyridine rings is 1. The predicted octanol–water partition coefficient (Wildman–Crippen LogP) is 3.93. The maximum absolute atomic E-state index is 13.5. The van der Waals surface area contributed by atoms with Crippen LogP contribution in [0.3, 0.4) is 0 Å². The number of hydrazone groups is 1. The van der Waals surface area contributed by atoms with E-state index in [0.29, 0.717) is 12.0 Å². The van der Waals surface area contributed by atoms with Gasteiger partial charge in [-0.2, -0.15) is 18.3 Å². The molecule has 6 nitrogen and oxygen atoms in total. The number of nitrogens with zero attached hydrogens (tertiary/aromatic N) is 3. The second-order valence-corrected chi connectivity index (χ2v) is 8.75. The molecule has 1 atom stereocenters. The molecule has 1 unspecified atom stereocenters. The minimum Gasteiger partial charge on any atom is -0.253 e. The molecule has 1 aromatic heterocycles. The molecule has 150 valence electrons. The molecular formula is C17H16BrF3N4O2S. The molecule has 0 bridgehead atoms. The molecule has 0 amide bonds. The van der Waals surface area contributed by atoms with Crippen LogP contribution in [0.4, 0.5) is 18.9 Å². The van der Waals surface area contributed by atoms with Crippen LogP contribution in [0.1, 0.15) is 25.3 Å². The largest absolute Gasteiger partial charge is 0.431 e. The van der Waals surface area contributed by atoms with E-state index >= 15 is 0 Å². The van der Waals surface area contributed by atoms with Gasteiger partial charge in [0.2, 0.25) is 0 Å². The Labute approximate surface area is 168 Å². The van der Waals surface area contributed by atoms with E-state index in [0.717, 1.165) is 16.7 Å². The number of hydrogen-bond donors (Lipinski definition) is 1. The third-order valence-electron chi connectivity index (χ3n) is 4.64. The minimum atomic E-state index is -4.58. The van der Waals surface area contributed by atoms with Gasteiger partial charge in [0.05, 0.1) is 17.4 Å². The fraction of sp³-hybridized carbons (Fsp3) is 0.294. The molecule has 28 heavy (non-hydrogen) atoms. The van der Waals surface area contributed by atoms with Crippen molar-refractivity contribution in [1.29, 1.82) is 0 Å². The van der Waals surface area contributed by atoms with Crippen molar-refractivity contribution < 1.29 is 21.6 Å². The SMILES string of the molecule is CCC1(c2ccc(Br)cc2)CC(C(F)(F)F)=NN1c1ccc(S(N)(=O)=O)nc1. The van der Waals surface area contributed by atoms with Gasteiger partial charge in [0.1, 0.15) is 5.71 Å². The second-order valence-electron chi connectivity index (χ2n) is 6.32. The summed E-state index contributed by atoms with van der Waals surface area (Å²) in [5.74, 6) is 0. The minimum absolute atomic E-state index is 0.233. The highest BCUT2D eigenvalue weighted by Gasteiger charge is 2.51. The van der Waals surface area contributed by atoms with Crippen LogP contribution in [0.25, 0.3) is 0 Å². The van der Waals surface area contributed by atoms with Gasteiger partial charge in [-0.05, 0) is 36.2 Å². The van der Waals surface area contributed by atoms with Crippen molar-refractivity contribution in [2.45, 2.75) is 36.5 Å². The summed E-state index contributed by atoms with van der Waals surface area (Å²) in [4.78, 5) is 3.78. The van der Waals surface area contributed by atoms with Crippen molar-refractivity contribution in [3.8, 4) is 0 Å². The van der Waals surface area contributed by atoms with Crippen molar-refractivity contribution in [3.05, 3.63) is 52.6 Å². The summed E-state index contributed by atoms with van der Waals surface area (Å²) in [7, 11) is -4.02. The van der Waals surface area contributed by atoms with Gasteiger partial charge in [-0.3, -0.25) is 5.01 Å². The van der Waals surface area contributed by atoms with E-state index in [1.54, 1.807) is 31.2 Å². The molecule has 2 N–H and O–H groups in total. The first kappa shape index (κ1) is 20.7. The van der Waals surface area contributed by atoms with Crippen LogP contribution in [0.15, 0.2) is 57.2 Å². The monoisotopic (exact) mass is 476 g/mol. The van der Waals surface area contributed by atoms with E-state index in [4.69, 9.17) is 5.14 Å². The number of aromatic nitrogens is 1. The van der Waals surface area contributed by atoms with Gasteiger partial charge in [-0.25, -0.2) is 18.5 Å². The fourth-order valence-corrected chi connectivity index (χ4v) is 3.92. The van der Waals surface area contributed by atoms with Crippen LogP contribution in [-0.4, -0.2) is 25.3 Å². The van der Waals surface area contributed by atoms with Gasteiger partial charge in [0.15, 0.2) is 5.03 Å². The summed E-state index contributed by atoms with van der Waals surface area (Å²) in [6.07, 6.45) is -3.44. The van der Waals surface area contributed by atoms with Crippen LogP contribution < -0.4 is 10.1 Å². The standard InChI is InChI=1S/C17H16BrF3N4O2S/c1-2-16(11-3-5-12(18)6-4-11)9-14(17(19,20)21)24-25(16)13-7-8-15(23-10-13)28(22,26)27/h3-8,10H,2,9H2,1H3,(H2,22,26,27).